The van der Waals surface area contributed by atoms with Crippen LogP contribution in [0, 0.1) is 12.8 Å². The molecule has 4 heteroatoms. The van der Waals surface area contributed by atoms with E-state index in [9.17, 15) is 4.79 Å². The zero-order chi connectivity index (χ0) is 14.5. The van der Waals surface area contributed by atoms with Gasteiger partial charge in [0.25, 0.3) is 0 Å². The van der Waals surface area contributed by atoms with Gasteiger partial charge in [0.15, 0.2) is 0 Å². The summed E-state index contributed by atoms with van der Waals surface area (Å²) in [5.74, 6) is 1.19. The Bertz CT molecular complexity index is 462. The first-order valence-corrected chi connectivity index (χ1v) is 7.27. The van der Waals surface area contributed by atoms with Crippen LogP contribution in [0.1, 0.15) is 24.8 Å². The highest BCUT2D eigenvalue weighted by Crippen LogP contribution is 2.25. The van der Waals surface area contributed by atoms with E-state index in [0.29, 0.717) is 13.2 Å². The number of hydrogen-bond donors (Lipinski definition) is 1. The molecule has 0 radical (unpaired) electrons. The number of carbonyl (C=O) groups excluding carboxylic acids is 1. The van der Waals surface area contributed by atoms with Crippen molar-refractivity contribution in [3.8, 4) is 5.75 Å². The predicted molar refractivity (Wildman–Crippen MR) is 79.6 cm³/mol. The van der Waals surface area contributed by atoms with E-state index in [-0.39, 0.29) is 17.9 Å². The predicted octanol–water partition coefficient (Wildman–Crippen LogP) is 1.96. The van der Waals surface area contributed by atoms with Crippen molar-refractivity contribution in [2.24, 2.45) is 11.7 Å². The lowest BCUT2D eigenvalue weighted by molar-refractivity contribution is -0.134. The number of amides is 1. The number of para-hydroxylation sites is 1. The van der Waals surface area contributed by atoms with Gasteiger partial charge in [-0.3, -0.25) is 4.79 Å². The fraction of sp³-hybridized carbons (Fsp3) is 0.562. The van der Waals surface area contributed by atoms with Gasteiger partial charge in [0.1, 0.15) is 12.4 Å². The summed E-state index contributed by atoms with van der Waals surface area (Å²) in [6.45, 7) is 3.15. The zero-order valence-corrected chi connectivity index (χ0v) is 12.3. The molecule has 1 amide bonds. The van der Waals surface area contributed by atoms with E-state index in [1.54, 1.807) is 4.90 Å². The molecule has 0 heterocycles. The summed E-state index contributed by atoms with van der Waals surface area (Å²) in [5, 5.41) is 0. The van der Waals surface area contributed by atoms with E-state index in [1.807, 2.05) is 38.2 Å². The van der Waals surface area contributed by atoms with Crippen molar-refractivity contribution < 1.29 is 9.53 Å². The molecular weight excluding hydrogens is 252 g/mol. The molecular formula is C16H24N2O2. The van der Waals surface area contributed by atoms with Crippen LogP contribution in [0.4, 0.5) is 0 Å². The van der Waals surface area contributed by atoms with Crippen LogP contribution in [0.25, 0.3) is 0 Å². The molecule has 1 aliphatic rings. The molecule has 1 aliphatic carbocycles. The Balaban J connectivity index is 1.76. The molecule has 2 atom stereocenters. The summed E-state index contributed by atoms with van der Waals surface area (Å²) >= 11 is 0. The Hall–Kier alpha value is -1.55. The maximum Gasteiger partial charge on any atom is 0.225 e. The second-order valence-corrected chi connectivity index (χ2v) is 5.64. The maximum atomic E-state index is 12.2. The number of nitrogens with zero attached hydrogens (tertiary/aromatic N) is 1. The lowest BCUT2D eigenvalue weighted by Crippen LogP contribution is -2.35. The molecule has 2 N–H and O–H groups in total. The lowest BCUT2D eigenvalue weighted by Gasteiger charge is -2.21. The third-order valence-corrected chi connectivity index (χ3v) is 3.98. The van der Waals surface area contributed by atoms with Crippen molar-refractivity contribution >= 4 is 5.91 Å². The molecule has 4 nitrogen and oxygen atoms in total. The zero-order valence-electron chi connectivity index (χ0n) is 12.3. The average Bonchev–Trinajstić information content (AvgIpc) is 2.86. The van der Waals surface area contributed by atoms with Crippen molar-refractivity contribution in [3.05, 3.63) is 29.8 Å². The molecule has 2 rings (SSSR count). The van der Waals surface area contributed by atoms with Gasteiger partial charge < -0.3 is 15.4 Å². The first-order chi connectivity index (χ1) is 9.58. The lowest BCUT2D eigenvalue weighted by atomic mass is 10.1. The van der Waals surface area contributed by atoms with Gasteiger partial charge in [-0.25, -0.2) is 0 Å². The number of rotatable bonds is 5. The fourth-order valence-electron chi connectivity index (χ4n) is 2.67. The van der Waals surface area contributed by atoms with Gasteiger partial charge in [-0.1, -0.05) is 18.2 Å². The van der Waals surface area contributed by atoms with Crippen LogP contribution < -0.4 is 10.5 Å². The largest absolute Gasteiger partial charge is 0.491 e. The Morgan fingerprint density at radius 2 is 2.15 bits per heavy atom. The minimum atomic E-state index is 0.105. The molecule has 1 fully saturated rings. The average molecular weight is 276 g/mol. The highest BCUT2D eigenvalue weighted by atomic mass is 16.5. The van der Waals surface area contributed by atoms with Crippen LogP contribution >= 0.6 is 0 Å². The van der Waals surface area contributed by atoms with E-state index in [4.69, 9.17) is 10.5 Å². The van der Waals surface area contributed by atoms with Crippen LogP contribution in [0.5, 0.6) is 5.75 Å². The van der Waals surface area contributed by atoms with E-state index >= 15 is 0 Å². The smallest absolute Gasteiger partial charge is 0.225 e. The van der Waals surface area contributed by atoms with Crippen molar-refractivity contribution in [2.75, 3.05) is 20.2 Å². The number of nitrogens with two attached hydrogens (primary N) is 1. The SMILES string of the molecule is Cc1ccccc1OCCN(C)C(=O)C1CCC(N)C1. The van der Waals surface area contributed by atoms with E-state index in [2.05, 4.69) is 0 Å². The van der Waals surface area contributed by atoms with E-state index < -0.39 is 0 Å². The molecule has 1 aromatic carbocycles. The summed E-state index contributed by atoms with van der Waals surface area (Å²) in [5.41, 5.74) is 6.97. The van der Waals surface area contributed by atoms with E-state index in [1.165, 1.54) is 0 Å². The Morgan fingerprint density at radius 1 is 1.40 bits per heavy atom. The molecule has 0 spiro atoms. The number of hydrogen-bond acceptors (Lipinski definition) is 3. The van der Waals surface area contributed by atoms with Crippen LogP contribution in [-0.4, -0.2) is 37.0 Å². The molecule has 2 unspecified atom stereocenters. The van der Waals surface area contributed by atoms with Crippen LogP contribution in [0.3, 0.4) is 0 Å². The summed E-state index contributed by atoms with van der Waals surface area (Å²) in [7, 11) is 1.84. The minimum absolute atomic E-state index is 0.105. The Labute approximate surface area is 120 Å². The van der Waals surface area contributed by atoms with Crippen molar-refractivity contribution in [3.63, 3.8) is 0 Å². The Kier molecular flexibility index (Phi) is 5.01. The first-order valence-electron chi connectivity index (χ1n) is 7.27. The van der Waals surface area contributed by atoms with Crippen LogP contribution in [0.2, 0.25) is 0 Å². The highest BCUT2D eigenvalue weighted by Gasteiger charge is 2.29. The normalized spacial score (nSPS) is 21.8. The molecule has 1 aromatic rings. The van der Waals surface area contributed by atoms with Crippen molar-refractivity contribution in [1.29, 1.82) is 0 Å². The molecule has 0 aromatic heterocycles. The number of aryl methyl sites for hydroxylation is 1. The monoisotopic (exact) mass is 276 g/mol. The molecule has 0 aliphatic heterocycles. The Morgan fingerprint density at radius 3 is 2.80 bits per heavy atom. The third kappa shape index (κ3) is 3.73. The third-order valence-electron chi connectivity index (χ3n) is 3.98. The number of ether oxygens (including phenoxy) is 1. The van der Waals surface area contributed by atoms with Crippen LogP contribution in [0.15, 0.2) is 24.3 Å². The van der Waals surface area contributed by atoms with Crippen molar-refractivity contribution in [1.82, 2.24) is 4.90 Å². The number of carbonyl (C=O) groups is 1. The second-order valence-electron chi connectivity index (χ2n) is 5.64. The van der Waals surface area contributed by atoms with E-state index in [0.717, 1.165) is 30.6 Å². The van der Waals surface area contributed by atoms with Gasteiger partial charge in [-0.05, 0) is 37.8 Å². The minimum Gasteiger partial charge on any atom is -0.491 e. The van der Waals surface area contributed by atoms with Gasteiger partial charge in [0, 0.05) is 19.0 Å². The van der Waals surface area contributed by atoms with Gasteiger partial charge in [-0.2, -0.15) is 0 Å². The number of likely N-dealkylation sites (N-methyl/N-ethyl adjacent to an activating group) is 1. The van der Waals surface area contributed by atoms with Gasteiger partial charge in [0.2, 0.25) is 5.91 Å². The standard InChI is InChI=1S/C16H24N2O2/c1-12-5-3-4-6-15(12)20-10-9-18(2)16(19)13-7-8-14(17)11-13/h3-6,13-14H,7-11,17H2,1-2H3. The number of benzene rings is 1. The van der Waals surface area contributed by atoms with Crippen molar-refractivity contribution in [2.45, 2.75) is 32.2 Å². The van der Waals surface area contributed by atoms with Gasteiger partial charge in [-0.15, -0.1) is 0 Å². The van der Waals surface area contributed by atoms with Crippen LogP contribution in [-0.2, 0) is 4.79 Å². The summed E-state index contributed by atoms with van der Waals surface area (Å²) in [4.78, 5) is 14.0. The summed E-state index contributed by atoms with van der Waals surface area (Å²) in [6.07, 6.45) is 2.70. The summed E-state index contributed by atoms with van der Waals surface area (Å²) in [6, 6.07) is 8.11. The second kappa shape index (κ2) is 6.75. The first kappa shape index (κ1) is 14.9. The maximum absolute atomic E-state index is 12.2. The molecule has 110 valence electrons. The highest BCUT2D eigenvalue weighted by molar-refractivity contribution is 5.78. The molecule has 0 saturated heterocycles. The quantitative estimate of drug-likeness (QED) is 0.894. The van der Waals surface area contributed by atoms with Gasteiger partial charge >= 0.3 is 0 Å². The topological polar surface area (TPSA) is 55.6 Å². The summed E-state index contributed by atoms with van der Waals surface area (Å²) < 4.78 is 5.72. The molecule has 1 saturated carbocycles. The fourth-order valence-corrected chi connectivity index (χ4v) is 2.67. The van der Waals surface area contributed by atoms with Gasteiger partial charge in [0.05, 0.1) is 6.54 Å². The molecule has 20 heavy (non-hydrogen) atoms. The molecule has 0 bridgehead atoms.